The number of nitrogens with zero attached hydrogens (tertiary/aromatic N) is 1. The molecular weight excluding hydrogens is 553 g/mol. The van der Waals surface area contributed by atoms with Crippen LogP contribution in [0.5, 0.6) is 11.5 Å². The van der Waals surface area contributed by atoms with Crippen LogP contribution in [0, 0.1) is 5.82 Å². The van der Waals surface area contributed by atoms with Crippen molar-refractivity contribution >= 4 is 5.91 Å². The monoisotopic (exact) mass is 583 g/mol. The van der Waals surface area contributed by atoms with Crippen molar-refractivity contribution in [3.8, 4) is 22.8 Å². The number of pyridine rings is 1. The Hall–Kier alpha value is -3.81. The van der Waals surface area contributed by atoms with Crippen LogP contribution >= 0.6 is 0 Å². The van der Waals surface area contributed by atoms with Gasteiger partial charge in [-0.05, 0) is 74.0 Å². The first kappa shape index (κ1) is 31.7. The van der Waals surface area contributed by atoms with E-state index < -0.39 is 54.1 Å². The summed E-state index contributed by atoms with van der Waals surface area (Å²) >= 11 is 0. The molecule has 222 valence electrons. The molecule has 0 saturated carbocycles. The maximum Gasteiger partial charge on any atom is 0.424 e. The fraction of sp³-hybridized carbons (Fsp3) is 0.357. The Morgan fingerprint density at radius 1 is 1.10 bits per heavy atom. The molecule has 0 aliphatic heterocycles. The lowest BCUT2D eigenvalue weighted by Gasteiger charge is -2.32. The van der Waals surface area contributed by atoms with Gasteiger partial charge in [-0.3, -0.25) is 4.79 Å². The SMILES string of the molecule is COc1cc(C(=O)NCC(O)(c2cc(C(C)(N)CF)cc(-c3ccc(F)cc3)n2)C(F)(F)F)ccc1OC[C@H](C)O. The molecule has 0 fully saturated rings. The van der Waals surface area contributed by atoms with Crippen molar-refractivity contribution in [2.45, 2.75) is 37.3 Å². The molecule has 0 bridgehead atoms. The average molecular weight is 584 g/mol. The molecule has 0 spiro atoms. The van der Waals surface area contributed by atoms with Gasteiger partial charge in [-0.15, -0.1) is 0 Å². The Morgan fingerprint density at radius 3 is 2.32 bits per heavy atom. The molecule has 41 heavy (non-hydrogen) atoms. The molecule has 3 aromatic rings. The Morgan fingerprint density at radius 2 is 1.76 bits per heavy atom. The van der Waals surface area contributed by atoms with Gasteiger partial charge in [0.15, 0.2) is 11.5 Å². The Bertz CT molecular complexity index is 1370. The van der Waals surface area contributed by atoms with Crippen LogP contribution in [-0.4, -0.2) is 60.3 Å². The molecular formula is C28H30F5N3O5. The Balaban J connectivity index is 2.00. The number of rotatable bonds is 11. The summed E-state index contributed by atoms with van der Waals surface area (Å²) in [6.07, 6.45) is -6.15. The number of aliphatic hydroxyl groups excluding tert-OH is 1. The van der Waals surface area contributed by atoms with Gasteiger partial charge in [0.05, 0.1) is 36.7 Å². The lowest BCUT2D eigenvalue weighted by Crippen LogP contribution is -2.52. The molecule has 0 aliphatic carbocycles. The average Bonchev–Trinajstić information content (AvgIpc) is 2.93. The molecule has 8 nitrogen and oxygen atoms in total. The van der Waals surface area contributed by atoms with Crippen molar-refractivity contribution in [2.24, 2.45) is 5.73 Å². The molecule has 2 unspecified atom stereocenters. The normalized spacial score (nSPS) is 15.4. The van der Waals surface area contributed by atoms with Gasteiger partial charge in [-0.1, -0.05) is 0 Å². The number of nitrogens with one attached hydrogen (secondary N) is 1. The molecule has 1 heterocycles. The second kappa shape index (κ2) is 12.4. The summed E-state index contributed by atoms with van der Waals surface area (Å²) in [5, 5.41) is 22.5. The summed E-state index contributed by atoms with van der Waals surface area (Å²) in [6.45, 7) is 0.149. The lowest BCUT2D eigenvalue weighted by atomic mass is 9.89. The van der Waals surface area contributed by atoms with Crippen molar-refractivity contribution in [3.05, 3.63) is 77.2 Å². The van der Waals surface area contributed by atoms with Crippen LogP contribution in [-0.2, 0) is 11.1 Å². The van der Waals surface area contributed by atoms with Crippen molar-refractivity contribution in [1.82, 2.24) is 10.3 Å². The first-order valence-electron chi connectivity index (χ1n) is 12.3. The van der Waals surface area contributed by atoms with Crippen molar-refractivity contribution < 1.29 is 46.4 Å². The minimum Gasteiger partial charge on any atom is -0.493 e. The molecule has 1 amide bonds. The van der Waals surface area contributed by atoms with E-state index in [2.05, 4.69) is 10.3 Å². The smallest absolute Gasteiger partial charge is 0.424 e. The standard InChI is InChI=1S/C28H30F5N3O5/c1-16(37)13-41-22-9-6-18(10-23(22)40-3)25(38)35-15-27(39,28(31,32)33)24-12-19(26(2,34)14-29)11-21(36-24)17-4-7-20(30)8-5-17/h4-12,16,37,39H,13-15,34H2,1-3H3,(H,35,38)/t16-,26?,27?/m0/s1. The zero-order chi connectivity index (χ0) is 30.6. The molecule has 3 rings (SSSR count). The molecule has 0 aliphatic rings. The number of alkyl halides is 4. The number of aromatic nitrogens is 1. The fourth-order valence-electron chi connectivity index (χ4n) is 3.70. The van der Waals surface area contributed by atoms with E-state index in [1.807, 2.05) is 0 Å². The molecule has 0 saturated heterocycles. The number of benzene rings is 2. The lowest BCUT2D eigenvalue weighted by molar-refractivity contribution is -0.265. The van der Waals surface area contributed by atoms with Gasteiger partial charge >= 0.3 is 6.18 Å². The van der Waals surface area contributed by atoms with Crippen LogP contribution in [0.1, 0.15) is 35.5 Å². The second-order valence-corrected chi connectivity index (χ2v) is 9.75. The molecule has 0 radical (unpaired) electrons. The van der Waals surface area contributed by atoms with Gasteiger partial charge in [0.2, 0.25) is 5.60 Å². The number of nitrogens with two attached hydrogens (primary N) is 1. The highest BCUT2D eigenvalue weighted by molar-refractivity contribution is 5.95. The van der Waals surface area contributed by atoms with E-state index in [0.717, 1.165) is 18.2 Å². The maximum absolute atomic E-state index is 14.4. The minimum atomic E-state index is -5.36. The number of aliphatic hydroxyl groups is 2. The zero-order valence-electron chi connectivity index (χ0n) is 22.4. The number of hydrogen-bond acceptors (Lipinski definition) is 7. The predicted molar refractivity (Wildman–Crippen MR) is 140 cm³/mol. The Kier molecular flexibility index (Phi) is 9.57. The molecule has 5 N–H and O–H groups in total. The minimum absolute atomic E-state index is 0.0727. The highest BCUT2D eigenvalue weighted by atomic mass is 19.4. The third kappa shape index (κ3) is 7.29. The summed E-state index contributed by atoms with van der Waals surface area (Å²) in [6, 6.07) is 10.5. The summed E-state index contributed by atoms with van der Waals surface area (Å²) in [5.41, 5.74) is -0.640. The highest BCUT2D eigenvalue weighted by Crippen LogP contribution is 2.40. The number of halogens is 5. The first-order chi connectivity index (χ1) is 19.1. The number of carbonyl (C=O) groups excluding carboxylic acids is 1. The van der Waals surface area contributed by atoms with Crippen LogP contribution in [0.4, 0.5) is 22.0 Å². The second-order valence-electron chi connectivity index (χ2n) is 9.75. The highest BCUT2D eigenvalue weighted by Gasteiger charge is 2.56. The third-order valence-electron chi connectivity index (χ3n) is 6.21. The van der Waals surface area contributed by atoms with Crippen molar-refractivity contribution in [3.63, 3.8) is 0 Å². The van der Waals surface area contributed by atoms with Gasteiger partial charge < -0.3 is 30.7 Å². The van der Waals surface area contributed by atoms with E-state index in [-0.39, 0.29) is 40.5 Å². The number of carbonyl (C=O) groups is 1. The molecule has 1 aromatic heterocycles. The summed E-state index contributed by atoms with van der Waals surface area (Å²) in [7, 11) is 1.29. The fourth-order valence-corrected chi connectivity index (χ4v) is 3.70. The zero-order valence-corrected chi connectivity index (χ0v) is 22.4. The van der Waals surface area contributed by atoms with Crippen molar-refractivity contribution in [1.29, 1.82) is 0 Å². The van der Waals surface area contributed by atoms with Gasteiger partial charge in [0.25, 0.3) is 5.91 Å². The van der Waals surface area contributed by atoms with Crippen molar-refractivity contribution in [2.75, 3.05) is 26.9 Å². The van der Waals surface area contributed by atoms with E-state index in [0.29, 0.717) is 0 Å². The summed E-state index contributed by atoms with van der Waals surface area (Å²) in [4.78, 5) is 16.8. The van der Waals surface area contributed by atoms with E-state index in [1.165, 1.54) is 57.4 Å². The van der Waals surface area contributed by atoms with Crippen LogP contribution in [0.3, 0.4) is 0 Å². The van der Waals surface area contributed by atoms with E-state index >= 15 is 0 Å². The van der Waals surface area contributed by atoms with Gasteiger partial charge in [0.1, 0.15) is 19.1 Å². The molecule has 13 heteroatoms. The summed E-state index contributed by atoms with van der Waals surface area (Å²) < 4.78 is 81.0. The van der Waals surface area contributed by atoms with Crippen LogP contribution < -0.4 is 20.5 Å². The molecule has 2 aromatic carbocycles. The number of methoxy groups -OCH3 is 1. The van der Waals surface area contributed by atoms with Crippen LogP contribution in [0.2, 0.25) is 0 Å². The predicted octanol–water partition coefficient (Wildman–Crippen LogP) is 3.98. The van der Waals surface area contributed by atoms with Gasteiger partial charge in [0, 0.05) is 11.1 Å². The van der Waals surface area contributed by atoms with Crippen LogP contribution in [0.15, 0.2) is 54.6 Å². The number of hydrogen-bond donors (Lipinski definition) is 4. The number of amides is 1. The topological polar surface area (TPSA) is 127 Å². The van der Waals surface area contributed by atoms with E-state index in [9.17, 15) is 37.0 Å². The quantitative estimate of drug-likeness (QED) is 0.252. The van der Waals surface area contributed by atoms with Gasteiger partial charge in [-0.25, -0.2) is 13.8 Å². The van der Waals surface area contributed by atoms with E-state index in [4.69, 9.17) is 15.2 Å². The third-order valence-corrected chi connectivity index (χ3v) is 6.21. The first-order valence-corrected chi connectivity index (χ1v) is 12.3. The Labute approximate surface area is 232 Å². The van der Waals surface area contributed by atoms with Gasteiger partial charge in [-0.2, -0.15) is 13.2 Å². The van der Waals surface area contributed by atoms with E-state index in [1.54, 1.807) is 0 Å². The summed E-state index contributed by atoms with van der Waals surface area (Å²) in [5.74, 6) is -1.33. The maximum atomic E-state index is 14.4. The van der Waals surface area contributed by atoms with Crippen LogP contribution in [0.25, 0.3) is 11.3 Å². The number of ether oxygens (including phenoxy) is 2. The largest absolute Gasteiger partial charge is 0.493 e. The molecule has 3 atom stereocenters.